The summed E-state index contributed by atoms with van der Waals surface area (Å²) in [6.07, 6.45) is 2.05. The van der Waals surface area contributed by atoms with Crippen LogP contribution in [0.1, 0.15) is 48.7 Å². The van der Waals surface area contributed by atoms with Crippen LogP contribution < -0.4 is 10.2 Å². The number of nitrogens with one attached hydrogen (secondary N) is 2. The summed E-state index contributed by atoms with van der Waals surface area (Å²) in [4.78, 5) is 19.0. The highest BCUT2D eigenvalue weighted by molar-refractivity contribution is 5.97. The molecule has 2 N–H and O–H groups in total. The van der Waals surface area contributed by atoms with Crippen molar-refractivity contribution in [2.75, 3.05) is 18.5 Å². The van der Waals surface area contributed by atoms with Crippen molar-refractivity contribution in [1.82, 2.24) is 30.9 Å². The molecule has 0 saturated heterocycles. The highest BCUT2D eigenvalue weighted by Crippen LogP contribution is 2.33. The average Bonchev–Trinajstić information content (AvgIpc) is 3.63. The number of nitrogens with zero attached hydrogens (tertiary/aromatic N) is 5. The van der Waals surface area contributed by atoms with Crippen molar-refractivity contribution in [2.24, 2.45) is 0 Å². The summed E-state index contributed by atoms with van der Waals surface area (Å²) < 4.78 is 6.15. The van der Waals surface area contributed by atoms with Gasteiger partial charge in [-0.15, -0.1) is 10.2 Å². The van der Waals surface area contributed by atoms with Crippen LogP contribution in [0.15, 0.2) is 71.1 Å². The van der Waals surface area contributed by atoms with Crippen molar-refractivity contribution in [3.63, 3.8) is 0 Å². The van der Waals surface area contributed by atoms with E-state index in [0.717, 1.165) is 41.6 Å². The smallest absolute Gasteiger partial charge is 0.298 e. The van der Waals surface area contributed by atoms with Crippen molar-refractivity contribution < 1.29 is 9.21 Å². The first kappa shape index (κ1) is 24.2. The van der Waals surface area contributed by atoms with Crippen LogP contribution in [0.3, 0.4) is 0 Å². The zero-order chi connectivity index (χ0) is 25.8. The van der Waals surface area contributed by atoms with Crippen LogP contribution in [0, 0.1) is 0 Å². The number of aromatic nitrogens is 5. The summed E-state index contributed by atoms with van der Waals surface area (Å²) in [5.74, 6) is 0.415. The molecular formula is C28H29N7O2. The predicted molar refractivity (Wildman–Crippen MR) is 143 cm³/mol. The normalized spacial score (nSPS) is 12.0. The van der Waals surface area contributed by atoms with E-state index in [1.165, 1.54) is 0 Å². The van der Waals surface area contributed by atoms with Crippen LogP contribution in [0.2, 0.25) is 0 Å². The Kier molecular flexibility index (Phi) is 6.93. The number of rotatable bonds is 9. The lowest BCUT2D eigenvalue weighted by molar-refractivity contribution is 0.0963. The molecule has 3 aromatic carbocycles. The Morgan fingerprint density at radius 2 is 1.86 bits per heavy atom. The van der Waals surface area contributed by atoms with Gasteiger partial charge in [0.15, 0.2) is 5.58 Å². The van der Waals surface area contributed by atoms with Gasteiger partial charge >= 0.3 is 0 Å². The molecule has 1 amide bonds. The maximum absolute atomic E-state index is 12.1. The van der Waals surface area contributed by atoms with Gasteiger partial charge in [0.05, 0.1) is 6.04 Å². The van der Waals surface area contributed by atoms with Crippen LogP contribution in [0.4, 0.5) is 6.01 Å². The fourth-order valence-corrected chi connectivity index (χ4v) is 4.43. The Balaban J connectivity index is 1.44. The van der Waals surface area contributed by atoms with E-state index in [4.69, 9.17) is 9.40 Å². The zero-order valence-electron chi connectivity index (χ0n) is 21.1. The first-order chi connectivity index (χ1) is 18.1. The lowest BCUT2D eigenvalue weighted by Gasteiger charge is -2.28. The van der Waals surface area contributed by atoms with Crippen LogP contribution in [-0.4, -0.2) is 45.1 Å². The summed E-state index contributed by atoms with van der Waals surface area (Å²) >= 11 is 0. The number of tetrazole rings is 1. The van der Waals surface area contributed by atoms with Crippen molar-refractivity contribution in [3.05, 3.63) is 77.9 Å². The first-order valence-electron chi connectivity index (χ1n) is 12.4. The Hall–Kier alpha value is -4.53. The molecule has 0 aliphatic carbocycles. The lowest BCUT2D eigenvalue weighted by atomic mass is 9.97. The van der Waals surface area contributed by atoms with Crippen molar-refractivity contribution in [3.8, 4) is 22.5 Å². The third-order valence-electron chi connectivity index (χ3n) is 6.55. The largest absolute Gasteiger partial charge is 0.423 e. The van der Waals surface area contributed by atoms with E-state index in [-0.39, 0.29) is 11.9 Å². The standard InChI is InChI=1S/C28H29N7O2/c1-4-5-16-35(28-30-24-17-21(27(36)29-3)14-15-25(24)37-28)18(2)19-10-12-20(13-11-19)22-8-6-7-9-23(22)26-31-33-34-32-26/h6-15,17-18H,4-5,16H2,1-3H3,(H,29,36)(H,31,32,33,34). The van der Waals surface area contributed by atoms with E-state index in [0.29, 0.717) is 28.5 Å². The van der Waals surface area contributed by atoms with E-state index in [9.17, 15) is 4.79 Å². The molecule has 0 fully saturated rings. The molecule has 0 aliphatic heterocycles. The molecule has 0 radical (unpaired) electrons. The van der Waals surface area contributed by atoms with E-state index in [1.54, 1.807) is 25.2 Å². The van der Waals surface area contributed by atoms with Gasteiger partial charge in [-0.2, -0.15) is 10.2 Å². The minimum absolute atomic E-state index is 0.0273. The average molecular weight is 496 g/mol. The van der Waals surface area contributed by atoms with E-state index in [1.807, 2.05) is 18.2 Å². The molecule has 1 atom stereocenters. The van der Waals surface area contributed by atoms with Gasteiger partial charge in [-0.3, -0.25) is 4.79 Å². The van der Waals surface area contributed by atoms with Crippen molar-refractivity contribution in [2.45, 2.75) is 32.7 Å². The highest BCUT2D eigenvalue weighted by atomic mass is 16.4. The van der Waals surface area contributed by atoms with Gasteiger partial charge < -0.3 is 14.6 Å². The highest BCUT2D eigenvalue weighted by Gasteiger charge is 2.22. The summed E-state index contributed by atoms with van der Waals surface area (Å²) in [6.45, 7) is 5.12. The third-order valence-corrected chi connectivity index (χ3v) is 6.55. The molecule has 0 aliphatic rings. The van der Waals surface area contributed by atoms with Crippen molar-refractivity contribution in [1.29, 1.82) is 0 Å². The fraction of sp³-hybridized carbons (Fsp3) is 0.250. The van der Waals surface area contributed by atoms with Gasteiger partial charge in [-0.1, -0.05) is 61.9 Å². The summed E-state index contributed by atoms with van der Waals surface area (Å²) in [6, 6.07) is 22.4. The number of H-pyrrole nitrogens is 1. The molecule has 0 spiro atoms. The molecule has 9 heteroatoms. The van der Waals surface area contributed by atoms with Gasteiger partial charge in [0.25, 0.3) is 11.9 Å². The number of amides is 1. The molecule has 188 valence electrons. The molecule has 9 nitrogen and oxygen atoms in total. The summed E-state index contributed by atoms with van der Waals surface area (Å²) in [5, 5.41) is 17.2. The molecule has 5 rings (SSSR count). The quantitative estimate of drug-likeness (QED) is 0.281. The maximum atomic E-state index is 12.1. The second kappa shape index (κ2) is 10.6. The molecule has 37 heavy (non-hydrogen) atoms. The van der Waals surface area contributed by atoms with Crippen LogP contribution in [0.25, 0.3) is 33.6 Å². The number of hydrogen-bond acceptors (Lipinski definition) is 7. The monoisotopic (exact) mass is 495 g/mol. The lowest BCUT2D eigenvalue weighted by Crippen LogP contribution is -2.28. The minimum atomic E-state index is -0.149. The number of oxazole rings is 1. The molecule has 0 saturated carbocycles. The number of fused-ring (bicyclic) bond motifs is 1. The van der Waals surface area contributed by atoms with Crippen LogP contribution >= 0.6 is 0 Å². The Morgan fingerprint density at radius 1 is 1.08 bits per heavy atom. The number of benzene rings is 3. The number of anilines is 1. The summed E-state index contributed by atoms with van der Waals surface area (Å²) in [7, 11) is 1.62. The van der Waals surface area contributed by atoms with E-state index < -0.39 is 0 Å². The summed E-state index contributed by atoms with van der Waals surface area (Å²) in [5.41, 5.74) is 6.05. The van der Waals surface area contributed by atoms with E-state index in [2.05, 4.69) is 75.0 Å². The van der Waals surface area contributed by atoms with Crippen LogP contribution in [-0.2, 0) is 0 Å². The van der Waals surface area contributed by atoms with Crippen LogP contribution in [0.5, 0.6) is 0 Å². The zero-order valence-corrected chi connectivity index (χ0v) is 21.1. The third kappa shape index (κ3) is 4.93. The van der Waals surface area contributed by atoms with Gasteiger partial charge in [0.1, 0.15) is 5.52 Å². The molecule has 5 aromatic rings. The number of hydrogen-bond donors (Lipinski definition) is 2. The number of carbonyl (C=O) groups excluding carboxylic acids is 1. The predicted octanol–water partition coefficient (Wildman–Crippen LogP) is 5.40. The Morgan fingerprint density at radius 3 is 2.57 bits per heavy atom. The number of aromatic amines is 1. The SMILES string of the molecule is CCCCN(c1nc2cc(C(=O)NC)ccc2o1)C(C)c1ccc(-c2ccccc2-c2nn[nH]n2)cc1. The van der Waals surface area contributed by atoms with Gasteiger partial charge in [-0.25, -0.2) is 0 Å². The number of carbonyl (C=O) groups is 1. The molecule has 1 unspecified atom stereocenters. The molecule has 2 heterocycles. The molecule has 2 aromatic heterocycles. The number of unbranched alkanes of at least 4 members (excludes halogenated alkanes) is 1. The Bertz CT molecular complexity index is 1490. The van der Waals surface area contributed by atoms with Crippen molar-refractivity contribution >= 4 is 23.0 Å². The first-order valence-corrected chi connectivity index (χ1v) is 12.4. The molecule has 0 bridgehead atoms. The minimum Gasteiger partial charge on any atom is -0.423 e. The van der Waals surface area contributed by atoms with Gasteiger partial charge in [0, 0.05) is 24.7 Å². The maximum Gasteiger partial charge on any atom is 0.298 e. The molecular weight excluding hydrogens is 466 g/mol. The fourth-order valence-electron chi connectivity index (χ4n) is 4.43. The Labute approximate surface area is 214 Å². The second-order valence-electron chi connectivity index (χ2n) is 8.88. The van der Waals surface area contributed by atoms with Gasteiger partial charge in [-0.05, 0) is 53.4 Å². The van der Waals surface area contributed by atoms with E-state index >= 15 is 0 Å². The van der Waals surface area contributed by atoms with Gasteiger partial charge in [0.2, 0.25) is 5.82 Å². The topological polar surface area (TPSA) is 113 Å². The second-order valence-corrected chi connectivity index (χ2v) is 8.88.